The summed E-state index contributed by atoms with van der Waals surface area (Å²) >= 11 is 4.72. The first-order valence-corrected chi connectivity index (χ1v) is 7.89. The molecule has 112 valence electrons. The van der Waals surface area contributed by atoms with Crippen molar-refractivity contribution in [2.24, 2.45) is 0 Å². The molecule has 0 spiro atoms. The van der Waals surface area contributed by atoms with Gasteiger partial charge < -0.3 is 5.11 Å². The van der Waals surface area contributed by atoms with Gasteiger partial charge in [-0.05, 0) is 29.8 Å². The van der Waals surface area contributed by atoms with E-state index in [2.05, 4.69) is 20.9 Å². The van der Waals surface area contributed by atoms with Crippen LogP contribution in [0.15, 0.2) is 40.9 Å². The number of nitrogens with zero attached hydrogens (tertiary/aromatic N) is 2. The summed E-state index contributed by atoms with van der Waals surface area (Å²) in [5, 5.41) is 9.47. The summed E-state index contributed by atoms with van der Waals surface area (Å²) in [6.07, 6.45) is -1.07. The molecular formula is C15H10BrFN2O2S. The van der Waals surface area contributed by atoms with Gasteiger partial charge in [-0.3, -0.25) is 4.90 Å². The third-order valence-electron chi connectivity index (χ3n) is 3.17. The number of rotatable bonds is 2. The van der Waals surface area contributed by atoms with E-state index in [-0.39, 0.29) is 5.82 Å². The topological polar surface area (TPSA) is 53.4 Å². The van der Waals surface area contributed by atoms with Gasteiger partial charge >= 0.3 is 6.09 Å². The fourth-order valence-electron chi connectivity index (χ4n) is 2.06. The van der Waals surface area contributed by atoms with Crippen molar-refractivity contribution < 1.29 is 14.3 Å². The van der Waals surface area contributed by atoms with Crippen molar-refractivity contribution in [2.45, 2.75) is 0 Å². The van der Waals surface area contributed by atoms with E-state index < -0.39 is 6.09 Å². The summed E-state index contributed by atoms with van der Waals surface area (Å²) in [5.41, 5.74) is 2.43. The molecule has 2 aromatic carbocycles. The van der Waals surface area contributed by atoms with E-state index in [1.54, 1.807) is 12.1 Å². The number of hydrogen-bond acceptors (Lipinski definition) is 3. The average molecular weight is 381 g/mol. The zero-order valence-electron chi connectivity index (χ0n) is 11.4. The second-order valence-electron chi connectivity index (χ2n) is 4.65. The van der Waals surface area contributed by atoms with Crippen molar-refractivity contribution in [3.05, 3.63) is 46.7 Å². The molecule has 7 heteroatoms. The van der Waals surface area contributed by atoms with Crippen LogP contribution in [0.4, 0.5) is 14.3 Å². The maximum atomic E-state index is 13.1. The van der Waals surface area contributed by atoms with Crippen LogP contribution in [0.5, 0.6) is 0 Å². The molecule has 22 heavy (non-hydrogen) atoms. The lowest BCUT2D eigenvalue weighted by Crippen LogP contribution is -2.23. The van der Waals surface area contributed by atoms with E-state index in [1.165, 1.54) is 30.5 Å². The van der Waals surface area contributed by atoms with Crippen LogP contribution in [0.2, 0.25) is 0 Å². The highest BCUT2D eigenvalue weighted by Crippen LogP contribution is 2.38. The first-order chi connectivity index (χ1) is 10.5. The number of benzene rings is 2. The molecule has 0 radical (unpaired) electrons. The Hall–Kier alpha value is -1.99. The average Bonchev–Trinajstić information content (AvgIpc) is 2.90. The molecule has 1 amide bonds. The number of carbonyl (C=O) groups is 1. The number of aromatic nitrogens is 1. The second-order valence-corrected chi connectivity index (χ2v) is 6.54. The normalized spacial score (nSPS) is 10.9. The van der Waals surface area contributed by atoms with Gasteiger partial charge in [0.2, 0.25) is 0 Å². The molecule has 0 unspecified atom stereocenters. The van der Waals surface area contributed by atoms with E-state index in [4.69, 9.17) is 5.11 Å². The van der Waals surface area contributed by atoms with Crippen LogP contribution in [0.1, 0.15) is 0 Å². The Kier molecular flexibility index (Phi) is 3.84. The van der Waals surface area contributed by atoms with Gasteiger partial charge in [0, 0.05) is 17.1 Å². The fourth-order valence-corrected chi connectivity index (χ4v) is 3.54. The van der Waals surface area contributed by atoms with Gasteiger partial charge in [-0.15, -0.1) is 0 Å². The summed E-state index contributed by atoms with van der Waals surface area (Å²) in [6.45, 7) is 0. The number of anilines is 1. The third-order valence-corrected chi connectivity index (χ3v) is 4.81. The van der Waals surface area contributed by atoms with Gasteiger partial charge in [0.05, 0.1) is 10.2 Å². The SMILES string of the molecule is CN(C(=O)O)c1nc2cc(Br)cc(-c3ccc(F)cc3)c2s1. The van der Waals surface area contributed by atoms with Crippen LogP contribution in [0, 0.1) is 5.82 Å². The van der Waals surface area contributed by atoms with Crippen molar-refractivity contribution >= 4 is 48.7 Å². The summed E-state index contributed by atoms with van der Waals surface area (Å²) in [7, 11) is 1.45. The predicted molar refractivity (Wildman–Crippen MR) is 89.1 cm³/mol. The predicted octanol–water partition coefficient (Wildman–Crippen LogP) is 4.98. The molecule has 3 rings (SSSR count). The number of halogens is 2. The molecule has 0 fully saturated rings. The van der Waals surface area contributed by atoms with E-state index in [1.807, 2.05) is 12.1 Å². The quantitative estimate of drug-likeness (QED) is 0.681. The Morgan fingerprint density at radius 3 is 2.64 bits per heavy atom. The number of carboxylic acid groups (broad SMARTS) is 1. The molecule has 0 bridgehead atoms. The first kappa shape index (κ1) is 14.9. The van der Waals surface area contributed by atoms with Crippen LogP contribution in [0.3, 0.4) is 0 Å². The van der Waals surface area contributed by atoms with Gasteiger partial charge in [-0.25, -0.2) is 14.2 Å². The summed E-state index contributed by atoms with van der Waals surface area (Å²) in [4.78, 5) is 16.5. The monoisotopic (exact) mass is 380 g/mol. The largest absolute Gasteiger partial charge is 0.465 e. The Morgan fingerprint density at radius 1 is 1.32 bits per heavy atom. The molecule has 0 saturated heterocycles. The highest BCUT2D eigenvalue weighted by molar-refractivity contribution is 9.10. The summed E-state index contributed by atoms with van der Waals surface area (Å²) < 4.78 is 14.8. The third kappa shape index (κ3) is 2.69. The van der Waals surface area contributed by atoms with E-state index in [9.17, 15) is 9.18 Å². The molecule has 4 nitrogen and oxygen atoms in total. The van der Waals surface area contributed by atoms with Crippen LogP contribution in [0.25, 0.3) is 21.3 Å². The lowest BCUT2D eigenvalue weighted by molar-refractivity contribution is 0.203. The van der Waals surface area contributed by atoms with Gasteiger partial charge in [-0.1, -0.05) is 39.4 Å². The minimum absolute atomic E-state index is 0.300. The lowest BCUT2D eigenvalue weighted by Gasteiger charge is -2.06. The van der Waals surface area contributed by atoms with Crippen molar-refractivity contribution in [1.82, 2.24) is 4.98 Å². The van der Waals surface area contributed by atoms with Gasteiger partial charge in [0.15, 0.2) is 5.13 Å². The Labute approximate surface area is 138 Å². The number of hydrogen-bond donors (Lipinski definition) is 1. The summed E-state index contributed by atoms with van der Waals surface area (Å²) in [6, 6.07) is 9.92. The molecule has 3 aromatic rings. The Balaban J connectivity index is 2.21. The smallest absolute Gasteiger partial charge is 0.413 e. The zero-order chi connectivity index (χ0) is 15.9. The molecule has 1 N–H and O–H groups in total. The highest BCUT2D eigenvalue weighted by Gasteiger charge is 2.17. The molecule has 0 atom stereocenters. The maximum Gasteiger partial charge on any atom is 0.413 e. The first-order valence-electron chi connectivity index (χ1n) is 6.28. The highest BCUT2D eigenvalue weighted by atomic mass is 79.9. The standard InChI is InChI=1S/C15H10BrFN2O2S/c1-19(15(20)21)14-18-12-7-9(16)6-11(13(12)22-14)8-2-4-10(17)5-3-8/h2-7H,1H3,(H,20,21). The number of thiazole rings is 1. The Bertz CT molecular complexity index is 864. The molecule has 0 aliphatic heterocycles. The number of amides is 1. The second kappa shape index (κ2) is 5.66. The molecule has 0 aliphatic rings. The van der Waals surface area contributed by atoms with Crippen molar-refractivity contribution in [3.8, 4) is 11.1 Å². The molecule has 0 aliphatic carbocycles. The van der Waals surface area contributed by atoms with Crippen LogP contribution in [-0.2, 0) is 0 Å². The van der Waals surface area contributed by atoms with Crippen LogP contribution < -0.4 is 4.90 Å². The molecule has 0 saturated carbocycles. The minimum atomic E-state index is -1.07. The lowest BCUT2D eigenvalue weighted by atomic mass is 10.1. The van der Waals surface area contributed by atoms with Crippen LogP contribution in [-0.4, -0.2) is 23.2 Å². The number of fused-ring (bicyclic) bond motifs is 1. The van der Waals surface area contributed by atoms with Gasteiger partial charge in [0.25, 0.3) is 0 Å². The maximum absolute atomic E-state index is 13.1. The molecule has 1 aromatic heterocycles. The van der Waals surface area contributed by atoms with E-state index >= 15 is 0 Å². The van der Waals surface area contributed by atoms with Gasteiger partial charge in [-0.2, -0.15) is 0 Å². The van der Waals surface area contributed by atoms with Crippen molar-refractivity contribution in [3.63, 3.8) is 0 Å². The molecule has 1 heterocycles. The van der Waals surface area contributed by atoms with Crippen molar-refractivity contribution in [1.29, 1.82) is 0 Å². The van der Waals surface area contributed by atoms with Crippen LogP contribution >= 0.6 is 27.3 Å². The van der Waals surface area contributed by atoms with Crippen molar-refractivity contribution in [2.75, 3.05) is 11.9 Å². The summed E-state index contributed by atoms with van der Waals surface area (Å²) in [5.74, 6) is -0.300. The zero-order valence-corrected chi connectivity index (χ0v) is 13.8. The van der Waals surface area contributed by atoms with E-state index in [0.717, 1.165) is 25.2 Å². The Morgan fingerprint density at radius 2 is 2.00 bits per heavy atom. The minimum Gasteiger partial charge on any atom is -0.465 e. The fraction of sp³-hybridized carbons (Fsp3) is 0.0667. The molecular weight excluding hydrogens is 371 g/mol. The van der Waals surface area contributed by atoms with Gasteiger partial charge in [0.1, 0.15) is 5.82 Å². The van der Waals surface area contributed by atoms with E-state index in [0.29, 0.717) is 10.6 Å².